The van der Waals surface area contributed by atoms with Gasteiger partial charge in [0, 0.05) is 13.1 Å². The van der Waals surface area contributed by atoms with Gasteiger partial charge in [-0.3, -0.25) is 14.4 Å². The van der Waals surface area contributed by atoms with E-state index in [1.165, 1.54) is 12.3 Å². The fourth-order valence-electron chi connectivity index (χ4n) is 3.45. The smallest absolute Gasteiger partial charge is 0.262 e. The summed E-state index contributed by atoms with van der Waals surface area (Å²) in [7, 11) is 1.77. The van der Waals surface area contributed by atoms with Gasteiger partial charge in [0.25, 0.3) is 5.56 Å². The Morgan fingerprint density at radius 3 is 3.12 bits per heavy atom. The minimum atomic E-state index is -0.220. The molecule has 1 N–H and O–H groups in total. The molecule has 3 heterocycles. The van der Waals surface area contributed by atoms with E-state index < -0.39 is 0 Å². The van der Waals surface area contributed by atoms with Crippen LogP contribution < -0.4 is 5.56 Å². The summed E-state index contributed by atoms with van der Waals surface area (Å²) in [5.74, 6) is 0.390. The van der Waals surface area contributed by atoms with Gasteiger partial charge in [-0.05, 0) is 37.1 Å². The highest BCUT2D eigenvalue weighted by Gasteiger charge is 2.27. The maximum Gasteiger partial charge on any atom is 0.262 e. The molecule has 0 saturated carbocycles. The van der Waals surface area contributed by atoms with Gasteiger partial charge in [-0.25, -0.2) is 9.37 Å². The van der Waals surface area contributed by atoms with Crippen LogP contribution in [0.15, 0.2) is 35.3 Å². The van der Waals surface area contributed by atoms with Crippen molar-refractivity contribution in [1.29, 1.82) is 0 Å². The first kappa shape index (κ1) is 15.0. The van der Waals surface area contributed by atoms with E-state index in [0.29, 0.717) is 23.4 Å². The van der Waals surface area contributed by atoms with Crippen LogP contribution in [0.4, 0.5) is 4.39 Å². The van der Waals surface area contributed by atoms with Crippen LogP contribution in [0.3, 0.4) is 0 Å². The minimum Gasteiger partial charge on any atom is -0.309 e. The third kappa shape index (κ3) is 2.60. The summed E-state index contributed by atoms with van der Waals surface area (Å²) in [6.07, 6.45) is 3.54. The first-order chi connectivity index (χ1) is 11.6. The quantitative estimate of drug-likeness (QED) is 0.800. The van der Waals surface area contributed by atoms with Gasteiger partial charge in [0.1, 0.15) is 17.0 Å². The topological polar surface area (TPSA) is 66.8 Å². The van der Waals surface area contributed by atoms with Crippen molar-refractivity contribution in [3.05, 3.63) is 58.0 Å². The Balaban J connectivity index is 1.64. The highest BCUT2D eigenvalue weighted by Crippen LogP contribution is 2.32. The molecule has 1 unspecified atom stereocenters. The standard InChI is InChI=1S/C17H18FN5O/c1-22-16-13(9-19-22)17(24)21-15(20-16)10-23-7-3-6-14(23)11-4-2-5-12(18)8-11/h2,4-5,8-9,14H,3,6-7,10H2,1H3,(H,20,21,24). The van der Waals surface area contributed by atoms with Gasteiger partial charge in [0.2, 0.25) is 0 Å². The second kappa shape index (κ2) is 5.83. The highest BCUT2D eigenvalue weighted by molar-refractivity contribution is 5.72. The van der Waals surface area contributed by atoms with Crippen LogP contribution in [-0.4, -0.2) is 31.2 Å². The number of fused-ring (bicyclic) bond motifs is 1. The van der Waals surface area contributed by atoms with E-state index in [9.17, 15) is 9.18 Å². The maximum atomic E-state index is 13.5. The van der Waals surface area contributed by atoms with Gasteiger partial charge >= 0.3 is 0 Å². The number of nitrogens with zero attached hydrogens (tertiary/aromatic N) is 4. The fourth-order valence-corrected chi connectivity index (χ4v) is 3.45. The van der Waals surface area contributed by atoms with E-state index in [1.54, 1.807) is 23.9 Å². The summed E-state index contributed by atoms with van der Waals surface area (Å²) in [4.78, 5) is 21.8. The molecule has 0 bridgehead atoms. The zero-order chi connectivity index (χ0) is 16.7. The second-order valence-corrected chi connectivity index (χ2v) is 6.20. The van der Waals surface area contributed by atoms with E-state index in [-0.39, 0.29) is 17.4 Å². The number of H-pyrrole nitrogens is 1. The van der Waals surface area contributed by atoms with Crippen LogP contribution in [-0.2, 0) is 13.6 Å². The lowest BCUT2D eigenvalue weighted by atomic mass is 10.0. The second-order valence-electron chi connectivity index (χ2n) is 6.20. The number of likely N-dealkylation sites (tertiary alicyclic amines) is 1. The number of nitrogens with one attached hydrogen (secondary N) is 1. The van der Waals surface area contributed by atoms with Gasteiger partial charge in [0.15, 0.2) is 5.65 Å². The van der Waals surface area contributed by atoms with Crippen molar-refractivity contribution in [2.75, 3.05) is 6.54 Å². The third-order valence-electron chi connectivity index (χ3n) is 4.60. The van der Waals surface area contributed by atoms with Gasteiger partial charge in [-0.1, -0.05) is 12.1 Å². The fraction of sp³-hybridized carbons (Fsp3) is 0.353. The predicted molar refractivity (Wildman–Crippen MR) is 87.9 cm³/mol. The maximum absolute atomic E-state index is 13.5. The summed E-state index contributed by atoms with van der Waals surface area (Å²) < 4.78 is 15.1. The van der Waals surface area contributed by atoms with Crippen molar-refractivity contribution >= 4 is 11.0 Å². The molecule has 3 aromatic rings. The first-order valence-electron chi connectivity index (χ1n) is 8.02. The molecule has 7 heteroatoms. The van der Waals surface area contributed by atoms with Crippen LogP contribution in [0.25, 0.3) is 11.0 Å². The molecule has 2 aromatic heterocycles. The number of halogens is 1. The zero-order valence-electron chi connectivity index (χ0n) is 13.4. The molecule has 0 amide bonds. The molecule has 1 fully saturated rings. The zero-order valence-corrected chi connectivity index (χ0v) is 13.4. The number of hydrogen-bond acceptors (Lipinski definition) is 4. The van der Waals surface area contributed by atoms with Crippen LogP contribution in [0.5, 0.6) is 0 Å². The summed E-state index contributed by atoms with van der Waals surface area (Å²) in [6.45, 7) is 1.42. The van der Waals surface area contributed by atoms with Crippen LogP contribution >= 0.6 is 0 Å². The monoisotopic (exact) mass is 327 g/mol. The average molecular weight is 327 g/mol. The number of rotatable bonds is 3. The van der Waals surface area contributed by atoms with Crippen LogP contribution in [0, 0.1) is 5.82 Å². The first-order valence-corrected chi connectivity index (χ1v) is 8.02. The lowest BCUT2D eigenvalue weighted by molar-refractivity contribution is 0.242. The molecule has 1 atom stereocenters. The molecule has 0 spiro atoms. The molecular formula is C17H18FN5O. The van der Waals surface area contributed by atoms with Crippen molar-refractivity contribution in [1.82, 2.24) is 24.6 Å². The number of aromatic nitrogens is 4. The van der Waals surface area contributed by atoms with E-state index >= 15 is 0 Å². The number of aryl methyl sites for hydroxylation is 1. The Morgan fingerprint density at radius 1 is 1.42 bits per heavy atom. The summed E-state index contributed by atoms with van der Waals surface area (Å²) >= 11 is 0. The van der Waals surface area contributed by atoms with Gasteiger partial charge in [0.05, 0.1) is 12.7 Å². The van der Waals surface area contributed by atoms with Crippen molar-refractivity contribution in [2.24, 2.45) is 7.05 Å². The molecule has 1 aromatic carbocycles. The lowest BCUT2D eigenvalue weighted by Gasteiger charge is -2.24. The van der Waals surface area contributed by atoms with Crippen molar-refractivity contribution < 1.29 is 4.39 Å². The summed E-state index contributed by atoms with van der Waals surface area (Å²) in [5, 5.41) is 4.57. The van der Waals surface area contributed by atoms with Crippen molar-refractivity contribution in [3.63, 3.8) is 0 Å². The predicted octanol–water partition coefficient (Wildman–Crippen LogP) is 2.13. The molecule has 124 valence electrons. The van der Waals surface area contributed by atoms with Gasteiger partial charge in [-0.2, -0.15) is 5.10 Å². The number of aromatic amines is 1. The molecule has 1 saturated heterocycles. The largest absolute Gasteiger partial charge is 0.309 e. The average Bonchev–Trinajstić information content (AvgIpc) is 3.15. The summed E-state index contributed by atoms with van der Waals surface area (Å²) in [6, 6.07) is 6.88. The minimum absolute atomic E-state index is 0.147. The Bertz CT molecular complexity index is 948. The Labute approximate surface area is 137 Å². The molecule has 24 heavy (non-hydrogen) atoms. The van der Waals surface area contributed by atoms with E-state index in [1.807, 2.05) is 6.07 Å². The van der Waals surface area contributed by atoms with Gasteiger partial charge in [-0.15, -0.1) is 0 Å². The Hall–Kier alpha value is -2.54. The van der Waals surface area contributed by atoms with Crippen LogP contribution in [0.2, 0.25) is 0 Å². The van der Waals surface area contributed by atoms with Crippen molar-refractivity contribution in [2.45, 2.75) is 25.4 Å². The van der Waals surface area contributed by atoms with Gasteiger partial charge < -0.3 is 4.98 Å². The van der Waals surface area contributed by atoms with E-state index in [2.05, 4.69) is 20.0 Å². The number of hydrogen-bond donors (Lipinski definition) is 1. The number of benzene rings is 1. The highest BCUT2D eigenvalue weighted by atomic mass is 19.1. The molecule has 0 radical (unpaired) electrons. The Kier molecular flexibility index (Phi) is 3.65. The molecule has 6 nitrogen and oxygen atoms in total. The molecule has 0 aliphatic carbocycles. The lowest BCUT2D eigenvalue weighted by Crippen LogP contribution is -2.25. The molecule has 1 aliphatic heterocycles. The molecular weight excluding hydrogens is 309 g/mol. The Morgan fingerprint density at radius 2 is 2.29 bits per heavy atom. The summed E-state index contributed by atoms with van der Waals surface area (Å²) in [5.41, 5.74) is 1.37. The van der Waals surface area contributed by atoms with Crippen molar-refractivity contribution in [3.8, 4) is 0 Å². The molecule has 4 rings (SSSR count). The third-order valence-corrected chi connectivity index (χ3v) is 4.60. The van der Waals surface area contributed by atoms with E-state index in [4.69, 9.17) is 0 Å². The van der Waals surface area contributed by atoms with E-state index in [0.717, 1.165) is 24.9 Å². The van der Waals surface area contributed by atoms with Crippen LogP contribution in [0.1, 0.15) is 30.3 Å². The normalized spacial score (nSPS) is 18.5. The molecule has 1 aliphatic rings. The SMILES string of the molecule is Cn1ncc2c(=O)[nH]c(CN3CCCC3c3cccc(F)c3)nc21.